The van der Waals surface area contributed by atoms with Crippen LogP contribution in [-0.4, -0.2) is 37.1 Å². The number of likely N-dealkylation sites (tertiary alicyclic amines) is 1. The fourth-order valence-corrected chi connectivity index (χ4v) is 4.36. The van der Waals surface area contributed by atoms with E-state index in [1.54, 1.807) is 11.3 Å². The summed E-state index contributed by atoms with van der Waals surface area (Å²) in [5.41, 5.74) is 0.955. The Morgan fingerprint density at radius 2 is 1.96 bits per heavy atom. The molecular weight excluding hydrogens is 356 g/mol. The highest BCUT2D eigenvalue weighted by Gasteiger charge is 2.24. The Balaban J connectivity index is 1.57. The molecule has 1 unspecified atom stereocenters. The van der Waals surface area contributed by atoms with Gasteiger partial charge in [0.15, 0.2) is 0 Å². The molecule has 0 radical (unpaired) electrons. The van der Waals surface area contributed by atoms with Crippen molar-refractivity contribution in [2.24, 2.45) is 5.92 Å². The van der Waals surface area contributed by atoms with Crippen molar-refractivity contribution in [1.82, 2.24) is 10.2 Å². The lowest BCUT2D eigenvalue weighted by atomic mass is 9.98. The van der Waals surface area contributed by atoms with Crippen LogP contribution in [-0.2, 0) is 16.1 Å². The Morgan fingerprint density at radius 3 is 2.59 bits per heavy atom. The number of piperidine rings is 1. The summed E-state index contributed by atoms with van der Waals surface area (Å²) >= 11 is 1.76. The fraction of sp³-hybridized carbons (Fsp3) is 0.500. The first-order chi connectivity index (χ1) is 13.2. The van der Waals surface area contributed by atoms with Crippen molar-refractivity contribution in [2.45, 2.75) is 39.3 Å². The lowest BCUT2D eigenvalue weighted by molar-refractivity contribution is -0.148. The molecule has 1 saturated heterocycles. The predicted octanol–water partition coefficient (Wildman–Crippen LogP) is 4.16. The molecule has 2 aromatic rings. The number of carbonyl (C=O) groups is 1. The summed E-state index contributed by atoms with van der Waals surface area (Å²) in [6.45, 7) is 8.82. The van der Waals surface area contributed by atoms with E-state index in [2.05, 4.69) is 36.2 Å². The van der Waals surface area contributed by atoms with Crippen molar-refractivity contribution < 1.29 is 9.53 Å². The van der Waals surface area contributed by atoms with Crippen LogP contribution in [0, 0.1) is 12.8 Å². The van der Waals surface area contributed by atoms with Gasteiger partial charge in [-0.25, -0.2) is 4.79 Å². The molecule has 2 heterocycles. The third kappa shape index (κ3) is 5.89. The number of nitrogens with zero attached hydrogens (tertiary/aromatic N) is 1. The zero-order valence-electron chi connectivity index (χ0n) is 16.3. The molecule has 1 atom stereocenters. The van der Waals surface area contributed by atoms with Crippen molar-refractivity contribution >= 4 is 17.3 Å². The van der Waals surface area contributed by atoms with Gasteiger partial charge < -0.3 is 9.64 Å². The summed E-state index contributed by atoms with van der Waals surface area (Å²) < 4.78 is 5.74. The highest BCUT2D eigenvalue weighted by atomic mass is 32.1. The first-order valence-electron chi connectivity index (χ1n) is 9.88. The molecule has 1 aromatic heterocycles. The van der Waals surface area contributed by atoms with Crippen molar-refractivity contribution in [2.75, 3.05) is 26.2 Å². The van der Waals surface area contributed by atoms with Crippen LogP contribution in [0.1, 0.15) is 41.1 Å². The maximum atomic E-state index is 12.8. The van der Waals surface area contributed by atoms with Gasteiger partial charge in [-0.2, -0.15) is 0 Å². The van der Waals surface area contributed by atoms with E-state index in [9.17, 15) is 4.79 Å². The van der Waals surface area contributed by atoms with E-state index in [4.69, 9.17) is 4.74 Å². The zero-order valence-corrected chi connectivity index (χ0v) is 17.1. The van der Waals surface area contributed by atoms with Crippen molar-refractivity contribution in [3.8, 4) is 0 Å². The monoisotopic (exact) mass is 386 g/mol. The molecule has 1 aliphatic rings. The van der Waals surface area contributed by atoms with Crippen LogP contribution in [0.15, 0.2) is 42.5 Å². The number of hydrogen-bond acceptors (Lipinski definition) is 5. The molecule has 0 saturated carbocycles. The minimum atomic E-state index is -0.427. The van der Waals surface area contributed by atoms with Gasteiger partial charge in [0.25, 0.3) is 0 Å². The number of thiophene rings is 1. The second kappa shape index (κ2) is 10.0. The number of benzene rings is 1. The van der Waals surface area contributed by atoms with Crippen LogP contribution >= 0.6 is 11.3 Å². The maximum absolute atomic E-state index is 12.8. The molecule has 0 bridgehead atoms. The van der Waals surface area contributed by atoms with E-state index < -0.39 is 6.04 Å². The summed E-state index contributed by atoms with van der Waals surface area (Å²) in [6.07, 6.45) is 2.22. The van der Waals surface area contributed by atoms with E-state index in [0.29, 0.717) is 19.1 Å². The molecular formula is C22H30N2O2S. The first kappa shape index (κ1) is 20.1. The Hall–Kier alpha value is -1.69. The van der Waals surface area contributed by atoms with E-state index in [1.807, 2.05) is 30.3 Å². The van der Waals surface area contributed by atoms with Crippen LogP contribution in [0.5, 0.6) is 0 Å². The van der Waals surface area contributed by atoms with Crippen molar-refractivity contribution in [3.05, 3.63) is 57.8 Å². The van der Waals surface area contributed by atoms with Crippen LogP contribution in [0.3, 0.4) is 0 Å². The van der Waals surface area contributed by atoms with Gasteiger partial charge >= 0.3 is 5.97 Å². The molecule has 0 aliphatic carbocycles. The highest BCUT2D eigenvalue weighted by molar-refractivity contribution is 7.11. The minimum absolute atomic E-state index is 0.174. The van der Waals surface area contributed by atoms with Crippen LogP contribution in [0.4, 0.5) is 0 Å². The number of aryl methyl sites for hydroxylation is 1. The molecule has 3 rings (SSSR count). The Bertz CT molecular complexity index is 708. The molecule has 27 heavy (non-hydrogen) atoms. The molecule has 0 amide bonds. The molecule has 0 spiro atoms. The predicted molar refractivity (Wildman–Crippen MR) is 111 cm³/mol. The van der Waals surface area contributed by atoms with Gasteiger partial charge in [-0.1, -0.05) is 37.3 Å². The quantitative estimate of drug-likeness (QED) is 0.692. The second-order valence-electron chi connectivity index (χ2n) is 7.24. The number of esters is 1. The van der Waals surface area contributed by atoms with Gasteiger partial charge in [-0.15, -0.1) is 11.3 Å². The lowest BCUT2D eigenvalue weighted by Crippen LogP contribution is -2.36. The molecule has 146 valence electrons. The summed E-state index contributed by atoms with van der Waals surface area (Å²) in [4.78, 5) is 17.8. The SMILES string of the molecule is CCN1CCC(COC(=O)C(NCc2ccc(C)s2)c2ccccc2)CC1. The van der Waals surface area contributed by atoms with Gasteiger partial charge in [0.1, 0.15) is 6.04 Å². The third-order valence-corrected chi connectivity index (χ3v) is 6.26. The molecule has 4 nitrogen and oxygen atoms in total. The normalized spacial score (nSPS) is 17.0. The van der Waals surface area contributed by atoms with Gasteiger partial charge in [-0.05, 0) is 63.0 Å². The zero-order chi connectivity index (χ0) is 19.1. The van der Waals surface area contributed by atoms with Gasteiger partial charge in [-0.3, -0.25) is 5.32 Å². The Morgan fingerprint density at radius 1 is 1.22 bits per heavy atom. The average molecular weight is 387 g/mol. The number of hydrogen-bond donors (Lipinski definition) is 1. The lowest BCUT2D eigenvalue weighted by Gasteiger charge is -2.31. The molecule has 5 heteroatoms. The molecule has 1 aliphatic heterocycles. The molecule has 1 N–H and O–H groups in total. The van der Waals surface area contributed by atoms with Gasteiger partial charge in [0.2, 0.25) is 0 Å². The number of ether oxygens (including phenoxy) is 1. The summed E-state index contributed by atoms with van der Waals surface area (Å²) in [5, 5.41) is 3.40. The highest BCUT2D eigenvalue weighted by Crippen LogP contribution is 2.21. The van der Waals surface area contributed by atoms with E-state index in [0.717, 1.165) is 38.0 Å². The summed E-state index contributed by atoms with van der Waals surface area (Å²) in [5.74, 6) is 0.306. The number of carbonyl (C=O) groups excluding carboxylic acids is 1. The first-order valence-corrected chi connectivity index (χ1v) is 10.7. The topological polar surface area (TPSA) is 41.6 Å². The second-order valence-corrected chi connectivity index (χ2v) is 8.62. The van der Waals surface area contributed by atoms with E-state index >= 15 is 0 Å². The molecule has 1 fully saturated rings. The van der Waals surface area contributed by atoms with Crippen molar-refractivity contribution in [3.63, 3.8) is 0 Å². The summed E-state index contributed by atoms with van der Waals surface area (Å²) in [7, 11) is 0. The minimum Gasteiger partial charge on any atom is -0.464 e. The maximum Gasteiger partial charge on any atom is 0.327 e. The smallest absolute Gasteiger partial charge is 0.327 e. The van der Waals surface area contributed by atoms with Crippen LogP contribution in [0.2, 0.25) is 0 Å². The Labute approximate surface area is 166 Å². The molecule has 1 aromatic carbocycles. The standard InChI is InChI=1S/C22H30N2O2S/c1-3-24-13-11-18(12-14-24)16-26-22(25)21(19-7-5-4-6-8-19)23-15-20-10-9-17(2)27-20/h4-10,18,21,23H,3,11-16H2,1-2H3. The van der Waals surface area contributed by atoms with Crippen LogP contribution in [0.25, 0.3) is 0 Å². The van der Waals surface area contributed by atoms with E-state index in [1.165, 1.54) is 9.75 Å². The largest absolute Gasteiger partial charge is 0.464 e. The average Bonchev–Trinajstić information content (AvgIpc) is 3.13. The van der Waals surface area contributed by atoms with Gasteiger partial charge in [0.05, 0.1) is 6.61 Å². The van der Waals surface area contributed by atoms with Gasteiger partial charge in [0, 0.05) is 16.3 Å². The third-order valence-electron chi connectivity index (χ3n) is 5.26. The number of rotatable bonds is 8. The fourth-order valence-electron chi connectivity index (χ4n) is 3.52. The summed E-state index contributed by atoms with van der Waals surface area (Å²) in [6, 6.07) is 13.7. The van der Waals surface area contributed by atoms with Crippen LogP contribution < -0.4 is 5.32 Å². The number of nitrogens with one attached hydrogen (secondary N) is 1. The Kier molecular flexibility index (Phi) is 7.44. The van der Waals surface area contributed by atoms with E-state index in [-0.39, 0.29) is 5.97 Å². The van der Waals surface area contributed by atoms with Crippen molar-refractivity contribution in [1.29, 1.82) is 0 Å².